The van der Waals surface area contributed by atoms with Crippen LogP contribution in [-0.2, 0) is 24.0 Å². The lowest BCUT2D eigenvalue weighted by Gasteiger charge is -2.26. The summed E-state index contributed by atoms with van der Waals surface area (Å²) in [6.07, 6.45) is 1.99. The van der Waals surface area contributed by atoms with Crippen LogP contribution in [0, 0.1) is 5.82 Å². The summed E-state index contributed by atoms with van der Waals surface area (Å²) in [5.41, 5.74) is 0.103. The summed E-state index contributed by atoms with van der Waals surface area (Å²) in [5.74, 6) is -2.02. The van der Waals surface area contributed by atoms with Crippen molar-refractivity contribution in [2.75, 3.05) is 6.61 Å². The van der Waals surface area contributed by atoms with Gasteiger partial charge in [-0.05, 0) is 44.9 Å². The number of carbonyl (C=O) groups is 1. The van der Waals surface area contributed by atoms with E-state index >= 15 is 0 Å². The van der Waals surface area contributed by atoms with Crippen LogP contribution in [0.2, 0.25) is 0 Å². The fourth-order valence-electron chi connectivity index (χ4n) is 4.24. The minimum absolute atomic E-state index is 0.0712. The predicted molar refractivity (Wildman–Crippen MR) is 107 cm³/mol. The molecule has 1 saturated carbocycles. The van der Waals surface area contributed by atoms with Crippen LogP contribution in [0.4, 0.5) is 4.39 Å². The van der Waals surface area contributed by atoms with Crippen molar-refractivity contribution < 1.29 is 43.4 Å². The third kappa shape index (κ3) is 5.45. The number of hydrogen-bond donors (Lipinski definition) is 3. The number of rotatable bonds is 3. The number of ether oxygens (including phenoxy) is 3. The van der Waals surface area contributed by atoms with Gasteiger partial charge in [0, 0.05) is 18.4 Å². The largest absolute Gasteiger partial charge is 0.386 e. The molecule has 1 aliphatic carbocycles. The summed E-state index contributed by atoms with van der Waals surface area (Å²) in [5, 5.41) is 22.5. The minimum atomic E-state index is -1.46. The lowest BCUT2D eigenvalue weighted by molar-refractivity contribution is -0.175. The molecule has 1 spiro atoms. The molecule has 0 bridgehead atoms. The Balaban J connectivity index is 0.000000254. The van der Waals surface area contributed by atoms with E-state index in [1.165, 1.54) is 37.5 Å². The Morgan fingerprint density at radius 2 is 1.88 bits per heavy atom. The maximum atomic E-state index is 13.3. The van der Waals surface area contributed by atoms with Crippen LogP contribution in [-0.4, -0.2) is 64.9 Å². The van der Waals surface area contributed by atoms with Crippen LogP contribution >= 0.6 is 0 Å². The summed E-state index contributed by atoms with van der Waals surface area (Å²) in [4.78, 5) is 22.0. The van der Waals surface area contributed by atoms with E-state index in [1.54, 1.807) is 13.8 Å². The second-order valence-electron chi connectivity index (χ2n) is 9.00. The second-order valence-corrected chi connectivity index (χ2v) is 9.00. The molecule has 3 N–H and O–H groups in total. The first-order chi connectivity index (χ1) is 15.2. The fraction of sp³-hybridized carbons (Fsp3) is 0.682. The van der Waals surface area contributed by atoms with Gasteiger partial charge < -0.3 is 29.7 Å². The average Bonchev–Trinajstić information content (AvgIpc) is 3.31. The number of aliphatic hydroxyl groups excluding tert-OH is 2. The summed E-state index contributed by atoms with van der Waals surface area (Å²) in [6.45, 7) is 3.66. The van der Waals surface area contributed by atoms with Gasteiger partial charge in [0.2, 0.25) is 5.79 Å². The monoisotopic (exact) mass is 455 g/mol. The Morgan fingerprint density at radius 3 is 2.44 bits per heavy atom. The van der Waals surface area contributed by atoms with Crippen molar-refractivity contribution in [2.24, 2.45) is 0 Å². The summed E-state index contributed by atoms with van der Waals surface area (Å²) in [6, 6.07) is 4.25. The highest BCUT2D eigenvalue weighted by Gasteiger charge is 2.51. The molecule has 9 nitrogen and oxygen atoms in total. The zero-order valence-electron chi connectivity index (χ0n) is 18.2. The van der Waals surface area contributed by atoms with E-state index in [2.05, 4.69) is 5.32 Å². The van der Waals surface area contributed by atoms with Crippen molar-refractivity contribution in [2.45, 2.75) is 88.2 Å². The molecule has 4 aliphatic rings. The van der Waals surface area contributed by atoms with E-state index in [0.717, 1.165) is 18.9 Å². The van der Waals surface area contributed by atoms with Crippen LogP contribution in [0.25, 0.3) is 0 Å². The maximum Gasteiger partial charge on any atom is 0.251 e. The molecule has 1 aromatic carbocycles. The molecule has 4 fully saturated rings. The second kappa shape index (κ2) is 9.30. The Bertz CT molecular complexity index is 809. The molecule has 1 amide bonds. The van der Waals surface area contributed by atoms with Crippen LogP contribution in [0.5, 0.6) is 0 Å². The lowest BCUT2D eigenvalue weighted by Crippen LogP contribution is -2.51. The van der Waals surface area contributed by atoms with Crippen molar-refractivity contribution in [1.29, 1.82) is 0 Å². The van der Waals surface area contributed by atoms with E-state index in [1.807, 2.05) is 0 Å². The number of amides is 1. The van der Waals surface area contributed by atoms with Gasteiger partial charge >= 0.3 is 0 Å². The first kappa shape index (κ1) is 23.5. The number of halogens is 1. The first-order valence-electron chi connectivity index (χ1n) is 10.9. The average molecular weight is 455 g/mol. The zero-order chi connectivity index (χ0) is 22.9. The van der Waals surface area contributed by atoms with Crippen molar-refractivity contribution in [3.8, 4) is 0 Å². The molecular weight excluding hydrogens is 425 g/mol. The molecule has 5 rings (SSSR count). The van der Waals surface area contributed by atoms with Gasteiger partial charge in [0.25, 0.3) is 5.91 Å². The van der Waals surface area contributed by atoms with Gasteiger partial charge in [0.15, 0.2) is 12.1 Å². The van der Waals surface area contributed by atoms with E-state index in [4.69, 9.17) is 24.0 Å². The normalized spacial score (nSPS) is 34.6. The van der Waals surface area contributed by atoms with Gasteiger partial charge in [-0.25, -0.2) is 4.39 Å². The number of benzene rings is 1. The highest BCUT2D eigenvalue weighted by Crippen LogP contribution is 2.43. The van der Waals surface area contributed by atoms with Crippen LogP contribution in [0.15, 0.2) is 24.3 Å². The summed E-state index contributed by atoms with van der Waals surface area (Å²) in [7, 11) is 0. The number of nitrogens with one attached hydrogen (secondary N) is 1. The Hall–Kier alpha value is -1.66. The molecule has 10 heteroatoms. The van der Waals surface area contributed by atoms with Crippen molar-refractivity contribution in [1.82, 2.24) is 5.32 Å². The SMILES string of the molecule is C1CCC2(CC1)OO2.CC1(C)OC[C@H]([C@H]2O[C@H](O)[C@H](O)[C@@H]2NC(=O)c2cccc(F)c2)O1. The van der Waals surface area contributed by atoms with E-state index in [0.29, 0.717) is 0 Å². The maximum absolute atomic E-state index is 13.3. The smallest absolute Gasteiger partial charge is 0.251 e. The Morgan fingerprint density at radius 1 is 1.16 bits per heavy atom. The summed E-state index contributed by atoms with van der Waals surface area (Å²) < 4.78 is 29.7. The molecule has 3 aliphatic heterocycles. The molecular formula is C22H30FNO8. The van der Waals surface area contributed by atoms with E-state index < -0.39 is 48.2 Å². The topological polar surface area (TPSA) is 122 Å². The van der Waals surface area contributed by atoms with Gasteiger partial charge in [-0.15, -0.1) is 0 Å². The van der Waals surface area contributed by atoms with Crippen LogP contribution in [0.1, 0.15) is 56.3 Å². The highest BCUT2D eigenvalue weighted by molar-refractivity contribution is 5.94. The third-order valence-electron chi connectivity index (χ3n) is 6.03. The standard InChI is InChI=1S/C16H20FNO6.C6H10O2/c1-16(2)22-7-10(24-16)13-11(12(19)15(21)23-13)18-14(20)8-4-3-5-9(17)6-8;1-2-4-6(5-3-1)7-8-6/h3-6,10-13,15,19,21H,7H2,1-2H3,(H,18,20);1-5H2/t10-,11+,12-,13-,15+;/m1./s1. The molecule has 3 heterocycles. The lowest BCUT2D eigenvalue weighted by atomic mass is 9.96. The van der Waals surface area contributed by atoms with Gasteiger partial charge in [-0.3, -0.25) is 4.79 Å². The van der Waals surface area contributed by atoms with Gasteiger partial charge in [-0.1, -0.05) is 12.5 Å². The molecule has 178 valence electrons. The van der Waals surface area contributed by atoms with Crippen LogP contribution in [0.3, 0.4) is 0 Å². The van der Waals surface area contributed by atoms with E-state index in [9.17, 15) is 19.4 Å². The molecule has 32 heavy (non-hydrogen) atoms. The molecule has 0 aromatic heterocycles. The third-order valence-corrected chi connectivity index (χ3v) is 6.03. The highest BCUT2D eigenvalue weighted by atomic mass is 19.1. The number of aliphatic hydroxyl groups is 2. The van der Waals surface area contributed by atoms with Gasteiger partial charge in [-0.2, -0.15) is 9.78 Å². The first-order valence-corrected chi connectivity index (χ1v) is 10.9. The zero-order valence-corrected chi connectivity index (χ0v) is 18.2. The Kier molecular flexibility index (Phi) is 6.83. The summed E-state index contributed by atoms with van der Waals surface area (Å²) >= 11 is 0. The molecule has 3 saturated heterocycles. The number of carbonyl (C=O) groups excluding carboxylic acids is 1. The van der Waals surface area contributed by atoms with Crippen molar-refractivity contribution in [3.63, 3.8) is 0 Å². The fourth-order valence-corrected chi connectivity index (χ4v) is 4.24. The number of hydrogen-bond acceptors (Lipinski definition) is 8. The van der Waals surface area contributed by atoms with E-state index in [-0.39, 0.29) is 18.0 Å². The van der Waals surface area contributed by atoms with Crippen LogP contribution < -0.4 is 5.32 Å². The van der Waals surface area contributed by atoms with Gasteiger partial charge in [0.05, 0.1) is 12.6 Å². The molecule has 5 atom stereocenters. The van der Waals surface area contributed by atoms with Crippen molar-refractivity contribution in [3.05, 3.63) is 35.6 Å². The van der Waals surface area contributed by atoms with Gasteiger partial charge in [0.1, 0.15) is 24.1 Å². The minimum Gasteiger partial charge on any atom is -0.386 e. The Labute approximate surface area is 185 Å². The molecule has 0 radical (unpaired) electrons. The molecule has 1 aromatic rings. The quantitative estimate of drug-likeness (QED) is 0.466. The molecule has 0 unspecified atom stereocenters. The van der Waals surface area contributed by atoms with Crippen molar-refractivity contribution >= 4 is 5.91 Å². The predicted octanol–water partition coefficient (Wildman–Crippen LogP) is 1.76.